The molecule has 1 aromatic carbocycles. The summed E-state index contributed by atoms with van der Waals surface area (Å²) in [6.45, 7) is 4.02. The van der Waals surface area contributed by atoms with Crippen LogP contribution in [-0.2, 0) is 10.2 Å². The third-order valence-electron chi connectivity index (χ3n) is 3.20. The molecule has 0 fully saturated rings. The summed E-state index contributed by atoms with van der Waals surface area (Å²) in [5.74, 6) is -0.368. The van der Waals surface area contributed by atoms with Gasteiger partial charge in [0, 0.05) is 0 Å². The second-order valence-electron chi connectivity index (χ2n) is 4.62. The van der Waals surface area contributed by atoms with Crippen LogP contribution in [0.3, 0.4) is 0 Å². The van der Waals surface area contributed by atoms with E-state index in [1.165, 1.54) is 7.11 Å². The highest BCUT2D eigenvalue weighted by Gasteiger charge is 2.26. The molecule has 18 heavy (non-hydrogen) atoms. The summed E-state index contributed by atoms with van der Waals surface area (Å²) in [7, 11) is 1.36. The van der Waals surface area contributed by atoms with Crippen LogP contribution >= 0.6 is 0 Å². The second kappa shape index (κ2) is 6.20. The zero-order valence-corrected chi connectivity index (χ0v) is 11.2. The molecule has 0 radical (unpaired) electrons. The fraction of sp³-hybridized carbons (Fsp3) is 0.467. The van der Waals surface area contributed by atoms with Gasteiger partial charge >= 0.3 is 5.97 Å². The zero-order valence-electron chi connectivity index (χ0n) is 11.2. The minimum atomic E-state index is -0.542. The van der Waals surface area contributed by atoms with Gasteiger partial charge in [-0.2, -0.15) is 5.26 Å². The van der Waals surface area contributed by atoms with Crippen LogP contribution in [0, 0.1) is 11.3 Å². The summed E-state index contributed by atoms with van der Waals surface area (Å²) >= 11 is 0. The molecule has 0 aromatic heterocycles. The average Bonchev–Trinajstić information content (AvgIpc) is 2.44. The van der Waals surface area contributed by atoms with E-state index in [0.29, 0.717) is 5.56 Å². The van der Waals surface area contributed by atoms with E-state index in [0.717, 1.165) is 24.8 Å². The molecule has 0 aliphatic rings. The van der Waals surface area contributed by atoms with Crippen LogP contribution in [-0.4, -0.2) is 13.1 Å². The number of nitriles is 1. The van der Waals surface area contributed by atoms with E-state index >= 15 is 0 Å². The molecule has 0 heterocycles. The minimum absolute atomic E-state index is 0.368. The Hall–Kier alpha value is -1.82. The summed E-state index contributed by atoms with van der Waals surface area (Å²) < 4.78 is 4.70. The monoisotopic (exact) mass is 245 g/mol. The quantitative estimate of drug-likeness (QED) is 0.746. The highest BCUT2D eigenvalue weighted by Crippen LogP contribution is 2.29. The van der Waals surface area contributed by atoms with Crippen LogP contribution in [0.5, 0.6) is 0 Å². The molecule has 1 aromatic rings. The fourth-order valence-corrected chi connectivity index (χ4v) is 1.90. The van der Waals surface area contributed by atoms with Crippen molar-refractivity contribution in [1.82, 2.24) is 0 Å². The van der Waals surface area contributed by atoms with Gasteiger partial charge in [-0.05, 0) is 31.0 Å². The topological polar surface area (TPSA) is 50.1 Å². The molecule has 3 nitrogen and oxygen atoms in total. The maximum Gasteiger partial charge on any atom is 0.337 e. The summed E-state index contributed by atoms with van der Waals surface area (Å²) in [6.07, 6.45) is 2.84. The second-order valence-corrected chi connectivity index (χ2v) is 4.62. The minimum Gasteiger partial charge on any atom is -0.465 e. The van der Waals surface area contributed by atoms with Crippen molar-refractivity contribution in [2.24, 2.45) is 0 Å². The van der Waals surface area contributed by atoms with Gasteiger partial charge in [-0.1, -0.05) is 31.9 Å². The predicted octanol–water partition coefficient (Wildman–Crippen LogP) is 3.44. The van der Waals surface area contributed by atoms with Crippen molar-refractivity contribution in [2.45, 2.75) is 38.5 Å². The van der Waals surface area contributed by atoms with Crippen LogP contribution in [0.2, 0.25) is 0 Å². The number of methoxy groups -OCH3 is 1. The van der Waals surface area contributed by atoms with Gasteiger partial charge in [0.2, 0.25) is 0 Å². The first-order valence-electron chi connectivity index (χ1n) is 6.17. The van der Waals surface area contributed by atoms with E-state index in [1.807, 2.05) is 13.0 Å². The first-order chi connectivity index (χ1) is 8.57. The Kier molecular flexibility index (Phi) is 4.91. The number of benzene rings is 1. The van der Waals surface area contributed by atoms with E-state index in [9.17, 15) is 10.1 Å². The number of nitrogens with zero attached hydrogens (tertiary/aromatic N) is 1. The zero-order chi connectivity index (χ0) is 13.6. The van der Waals surface area contributed by atoms with Gasteiger partial charge in [0.15, 0.2) is 0 Å². The number of hydrogen-bond acceptors (Lipinski definition) is 3. The standard InChI is InChI=1S/C15H19NO2/c1-4-5-9-15(2,11-16)13-8-6-7-12(10-13)14(17)18-3/h6-8,10H,4-5,9H2,1-3H3. The van der Waals surface area contributed by atoms with Gasteiger partial charge in [-0.25, -0.2) is 4.79 Å². The number of ether oxygens (including phenoxy) is 1. The maximum atomic E-state index is 11.5. The number of esters is 1. The highest BCUT2D eigenvalue weighted by molar-refractivity contribution is 5.89. The van der Waals surface area contributed by atoms with Crippen molar-refractivity contribution in [3.05, 3.63) is 35.4 Å². The molecule has 1 atom stereocenters. The average molecular weight is 245 g/mol. The Balaban J connectivity index is 3.07. The first kappa shape index (κ1) is 14.2. The Labute approximate surface area is 108 Å². The molecule has 0 aliphatic heterocycles. The van der Waals surface area contributed by atoms with Crippen LogP contribution in [0.25, 0.3) is 0 Å². The van der Waals surface area contributed by atoms with Crippen molar-refractivity contribution < 1.29 is 9.53 Å². The smallest absolute Gasteiger partial charge is 0.337 e. The van der Waals surface area contributed by atoms with Gasteiger partial charge in [0.25, 0.3) is 0 Å². The molecule has 0 amide bonds. The number of carbonyl (C=O) groups excluding carboxylic acids is 1. The predicted molar refractivity (Wildman–Crippen MR) is 70.3 cm³/mol. The molecule has 0 saturated heterocycles. The van der Waals surface area contributed by atoms with E-state index in [4.69, 9.17) is 4.74 Å². The largest absolute Gasteiger partial charge is 0.465 e. The van der Waals surface area contributed by atoms with Crippen LogP contribution < -0.4 is 0 Å². The fourth-order valence-electron chi connectivity index (χ4n) is 1.90. The molecule has 1 rings (SSSR count). The summed E-state index contributed by atoms with van der Waals surface area (Å²) in [5.41, 5.74) is 0.828. The molecule has 0 spiro atoms. The van der Waals surface area contributed by atoms with Gasteiger partial charge in [0.05, 0.1) is 24.2 Å². The lowest BCUT2D eigenvalue weighted by molar-refractivity contribution is 0.0600. The van der Waals surface area contributed by atoms with Gasteiger partial charge in [-0.15, -0.1) is 0 Å². The van der Waals surface area contributed by atoms with Gasteiger partial charge < -0.3 is 4.74 Å². The van der Waals surface area contributed by atoms with E-state index in [-0.39, 0.29) is 5.97 Å². The number of carbonyl (C=O) groups is 1. The summed E-state index contributed by atoms with van der Waals surface area (Å²) in [6, 6.07) is 9.51. The normalized spacial score (nSPS) is 13.4. The molecule has 0 saturated carbocycles. The summed E-state index contributed by atoms with van der Waals surface area (Å²) in [5, 5.41) is 9.39. The van der Waals surface area contributed by atoms with Crippen molar-refractivity contribution >= 4 is 5.97 Å². The maximum absolute atomic E-state index is 11.5. The first-order valence-corrected chi connectivity index (χ1v) is 6.17. The summed E-state index contributed by atoms with van der Waals surface area (Å²) in [4.78, 5) is 11.5. The Morgan fingerprint density at radius 1 is 1.50 bits per heavy atom. The van der Waals surface area contributed by atoms with E-state index in [2.05, 4.69) is 13.0 Å². The number of hydrogen-bond donors (Lipinski definition) is 0. The number of unbranched alkanes of at least 4 members (excludes halogenated alkanes) is 1. The molecule has 0 aliphatic carbocycles. The Morgan fingerprint density at radius 2 is 2.22 bits per heavy atom. The van der Waals surface area contributed by atoms with Crippen molar-refractivity contribution in [3.63, 3.8) is 0 Å². The van der Waals surface area contributed by atoms with Crippen molar-refractivity contribution in [3.8, 4) is 6.07 Å². The Morgan fingerprint density at radius 3 is 2.78 bits per heavy atom. The van der Waals surface area contributed by atoms with E-state index in [1.54, 1.807) is 18.2 Å². The molecule has 0 N–H and O–H groups in total. The van der Waals surface area contributed by atoms with Gasteiger partial charge in [0.1, 0.15) is 0 Å². The molecule has 0 bridgehead atoms. The van der Waals surface area contributed by atoms with Crippen LogP contribution in [0.15, 0.2) is 24.3 Å². The van der Waals surface area contributed by atoms with Crippen LogP contribution in [0.4, 0.5) is 0 Å². The Bertz CT molecular complexity index is 462. The molecule has 96 valence electrons. The van der Waals surface area contributed by atoms with Gasteiger partial charge in [-0.3, -0.25) is 0 Å². The lowest BCUT2D eigenvalue weighted by atomic mass is 9.79. The van der Waals surface area contributed by atoms with E-state index < -0.39 is 5.41 Å². The van der Waals surface area contributed by atoms with Crippen molar-refractivity contribution in [2.75, 3.05) is 7.11 Å². The number of rotatable bonds is 5. The lowest BCUT2D eigenvalue weighted by Gasteiger charge is -2.22. The third-order valence-corrected chi connectivity index (χ3v) is 3.20. The SMILES string of the molecule is CCCCC(C)(C#N)c1cccc(C(=O)OC)c1. The lowest BCUT2D eigenvalue weighted by Crippen LogP contribution is -2.20. The highest BCUT2D eigenvalue weighted by atomic mass is 16.5. The third kappa shape index (κ3) is 3.10. The van der Waals surface area contributed by atoms with Crippen LogP contribution in [0.1, 0.15) is 49.0 Å². The molecular formula is C15H19NO2. The van der Waals surface area contributed by atoms with Crippen molar-refractivity contribution in [1.29, 1.82) is 5.26 Å². The molecular weight excluding hydrogens is 226 g/mol. The molecule has 3 heteroatoms. The molecule has 1 unspecified atom stereocenters.